The van der Waals surface area contributed by atoms with Crippen LogP contribution in [0.3, 0.4) is 0 Å². The van der Waals surface area contributed by atoms with Crippen molar-refractivity contribution in [2.45, 2.75) is 61.1 Å². The number of hydrogen-bond donors (Lipinski definition) is 4. The predicted molar refractivity (Wildman–Crippen MR) is 110 cm³/mol. The number of likely N-dealkylation sites (N-methyl/N-ethyl adjacent to an activating group) is 1. The van der Waals surface area contributed by atoms with Gasteiger partial charge in [0.15, 0.2) is 0 Å². The summed E-state index contributed by atoms with van der Waals surface area (Å²) in [6.07, 6.45) is -12.8. The molecule has 1 aromatic rings. The largest absolute Gasteiger partial charge is 0.460 e. The number of benzene rings is 1. The molecule has 0 heterocycles. The van der Waals surface area contributed by atoms with Crippen molar-refractivity contribution in [2.75, 3.05) is 7.05 Å². The highest BCUT2D eigenvalue weighted by Crippen LogP contribution is 2.61. The maximum Gasteiger partial charge on any atom is 0.460 e. The van der Waals surface area contributed by atoms with Crippen molar-refractivity contribution in [1.29, 1.82) is 0 Å². The number of halogens is 13. The number of rotatable bonds is 13. The van der Waals surface area contributed by atoms with Gasteiger partial charge >= 0.3 is 35.8 Å². The number of carbonyl (C=O) groups is 3. The van der Waals surface area contributed by atoms with Crippen LogP contribution in [0.5, 0.6) is 0 Å². The lowest BCUT2D eigenvalue weighted by atomic mass is 9.87. The summed E-state index contributed by atoms with van der Waals surface area (Å²) in [5.41, 5.74) is 1.07. The van der Waals surface area contributed by atoms with Crippen molar-refractivity contribution in [2.24, 2.45) is 5.92 Å². The van der Waals surface area contributed by atoms with Crippen LogP contribution in [0.25, 0.3) is 0 Å². The third-order valence-electron chi connectivity index (χ3n) is 5.59. The second kappa shape index (κ2) is 12.3. The van der Waals surface area contributed by atoms with Crippen molar-refractivity contribution in [3.63, 3.8) is 0 Å². The van der Waals surface area contributed by atoms with Crippen molar-refractivity contribution < 1.29 is 76.7 Å². The third kappa shape index (κ3) is 7.13. The third-order valence-corrected chi connectivity index (χ3v) is 5.59. The summed E-state index contributed by atoms with van der Waals surface area (Å²) in [6.45, 7) is 0. The SMILES string of the molecule is CNC(=O)[C@H](Cc1ccccc1)NC(=O)C(CC(=O)NO)CC(F)(F)C(F)(F)C(F)(F)C(F)(F)C(F)(F)C(F)(F)F. The molecule has 1 rings (SSSR count). The number of nitrogens with one attached hydrogen (secondary N) is 3. The van der Waals surface area contributed by atoms with E-state index >= 15 is 0 Å². The fourth-order valence-corrected chi connectivity index (χ4v) is 3.29. The van der Waals surface area contributed by atoms with Crippen LogP contribution >= 0.6 is 0 Å². The normalized spacial score (nSPS) is 15.1. The Morgan fingerprint density at radius 3 is 1.68 bits per heavy atom. The maximum atomic E-state index is 14.4. The van der Waals surface area contributed by atoms with Crippen LogP contribution < -0.4 is 16.1 Å². The molecule has 1 unspecified atom stereocenters. The van der Waals surface area contributed by atoms with E-state index in [0.29, 0.717) is 5.56 Å². The molecule has 41 heavy (non-hydrogen) atoms. The minimum atomic E-state index is -8.15. The van der Waals surface area contributed by atoms with E-state index < -0.39 is 84.7 Å². The molecule has 2 atom stereocenters. The molecule has 0 saturated heterocycles. The summed E-state index contributed by atoms with van der Waals surface area (Å²) in [4.78, 5) is 36.3. The molecule has 0 bridgehead atoms. The lowest BCUT2D eigenvalue weighted by Crippen LogP contribution is -2.70. The Morgan fingerprint density at radius 2 is 1.24 bits per heavy atom. The predicted octanol–water partition coefficient (Wildman–Crippen LogP) is 4.10. The summed E-state index contributed by atoms with van der Waals surface area (Å²) in [6, 6.07) is 5.49. The topological polar surface area (TPSA) is 108 Å². The molecule has 0 radical (unpaired) electrons. The summed E-state index contributed by atoms with van der Waals surface area (Å²) in [5, 5.41) is 12.4. The summed E-state index contributed by atoms with van der Waals surface area (Å²) >= 11 is 0. The zero-order valence-corrected chi connectivity index (χ0v) is 20.2. The summed E-state index contributed by atoms with van der Waals surface area (Å²) in [7, 11) is 1.02. The lowest BCUT2D eigenvalue weighted by Gasteiger charge is -2.40. The highest BCUT2D eigenvalue weighted by molar-refractivity contribution is 5.90. The second-order valence-electron chi connectivity index (χ2n) is 8.51. The van der Waals surface area contributed by atoms with Gasteiger partial charge in [0.2, 0.25) is 17.7 Å². The van der Waals surface area contributed by atoms with E-state index in [1.165, 1.54) is 30.3 Å². The molecule has 0 aliphatic heterocycles. The van der Waals surface area contributed by atoms with Gasteiger partial charge in [0.25, 0.3) is 0 Å². The van der Waals surface area contributed by atoms with Crippen LogP contribution in [0, 0.1) is 5.92 Å². The molecule has 7 nitrogen and oxygen atoms in total. The number of carbonyl (C=O) groups excluding carboxylic acids is 3. The maximum absolute atomic E-state index is 14.4. The van der Waals surface area contributed by atoms with Crippen LogP contribution in [0.15, 0.2) is 30.3 Å². The quantitative estimate of drug-likeness (QED) is 0.151. The minimum Gasteiger partial charge on any atom is -0.357 e. The highest BCUT2D eigenvalue weighted by atomic mass is 19.4. The molecule has 0 saturated carbocycles. The Balaban J connectivity index is 3.46. The van der Waals surface area contributed by atoms with E-state index in [-0.39, 0.29) is 0 Å². The molecule has 0 spiro atoms. The monoisotopic (exact) mass is 625 g/mol. The van der Waals surface area contributed by atoms with Gasteiger partial charge in [-0.15, -0.1) is 0 Å². The Kier molecular flexibility index (Phi) is 10.7. The van der Waals surface area contributed by atoms with Crippen LogP contribution in [-0.2, 0) is 20.8 Å². The zero-order valence-electron chi connectivity index (χ0n) is 20.2. The van der Waals surface area contributed by atoms with Gasteiger partial charge < -0.3 is 10.6 Å². The minimum absolute atomic E-state index is 0.301. The molecule has 20 heteroatoms. The van der Waals surface area contributed by atoms with Crippen molar-refractivity contribution in [3.05, 3.63) is 35.9 Å². The molecule has 3 amide bonds. The number of hydroxylamine groups is 1. The summed E-state index contributed by atoms with van der Waals surface area (Å²) < 4.78 is 175. The second-order valence-corrected chi connectivity index (χ2v) is 8.51. The first-order valence-corrected chi connectivity index (χ1v) is 10.9. The van der Waals surface area contributed by atoms with Crippen LogP contribution in [0.2, 0.25) is 0 Å². The molecule has 1 aromatic carbocycles. The Morgan fingerprint density at radius 1 is 0.756 bits per heavy atom. The van der Waals surface area contributed by atoms with Gasteiger partial charge in [0.05, 0.1) is 5.92 Å². The summed E-state index contributed by atoms with van der Waals surface area (Å²) in [5.74, 6) is -46.4. The van der Waals surface area contributed by atoms with Gasteiger partial charge in [-0.3, -0.25) is 19.6 Å². The average molecular weight is 625 g/mol. The van der Waals surface area contributed by atoms with E-state index in [0.717, 1.165) is 12.5 Å². The fraction of sp³-hybridized carbons (Fsp3) is 0.571. The molecule has 234 valence electrons. The number of alkyl halides is 13. The van der Waals surface area contributed by atoms with Gasteiger partial charge in [-0.05, 0) is 5.56 Å². The number of hydrogen-bond acceptors (Lipinski definition) is 4. The lowest BCUT2D eigenvalue weighted by molar-refractivity contribution is -0.440. The van der Waals surface area contributed by atoms with Gasteiger partial charge in [0.1, 0.15) is 6.04 Å². The Labute approximate surface area is 221 Å². The van der Waals surface area contributed by atoms with Gasteiger partial charge in [0, 0.05) is 26.3 Å². The first-order valence-electron chi connectivity index (χ1n) is 10.9. The number of amides is 3. The highest BCUT2D eigenvalue weighted by Gasteiger charge is 2.90. The van der Waals surface area contributed by atoms with Crippen molar-refractivity contribution in [1.82, 2.24) is 16.1 Å². The molecule has 0 aliphatic rings. The van der Waals surface area contributed by atoms with Crippen molar-refractivity contribution in [3.8, 4) is 0 Å². The zero-order chi connectivity index (χ0) is 32.2. The van der Waals surface area contributed by atoms with Gasteiger partial charge in [-0.1, -0.05) is 30.3 Å². The average Bonchev–Trinajstić information content (AvgIpc) is 2.86. The van der Waals surface area contributed by atoms with Gasteiger partial charge in [-0.25, -0.2) is 5.48 Å². The molecule has 0 aliphatic carbocycles. The molecule has 4 N–H and O–H groups in total. The van der Waals surface area contributed by atoms with E-state index in [2.05, 4.69) is 0 Å². The van der Waals surface area contributed by atoms with Crippen LogP contribution in [0.1, 0.15) is 18.4 Å². The first-order chi connectivity index (χ1) is 18.4. The Bertz CT molecular complexity index is 1080. The van der Waals surface area contributed by atoms with Crippen LogP contribution in [-0.4, -0.2) is 71.8 Å². The van der Waals surface area contributed by atoms with E-state index in [1.54, 1.807) is 5.32 Å². The Hall–Kier alpha value is -3.32. The standard InChI is InChI=1S/C21H20F13N3O4/c1-35-15(40)12(7-10-5-3-2-4-6-10)36-14(39)11(8-13(38)37-41)9-16(22,23)17(24,25)18(26,27)19(28,29)20(30,31)21(32,33)34/h2-6,11-12,41H,7-9H2,1H3,(H,35,40)(H,36,39)(H,37,38)/t11?,12-/m0/s1. The first kappa shape index (κ1) is 35.7. The fourth-order valence-electron chi connectivity index (χ4n) is 3.29. The molecule has 0 fully saturated rings. The van der Waals surface area contributed by atoms with Crippen molar-refractivity contribution >= 4 is 17.7 Å². The smallest absolute Gasteiger partial charge is 0.357 e. The molecular weight excluding hydrogens is 605 g/mol. The van der Waals surface area contributed by atoms with E-state index in [9.17, 15) is 71.5 Å². The van der Waals surface area contributed by atoms with Gasteiger partial charge in [-0.2, -0.15) is 57.1 Å². The molecular formula is C21H20F13N3O4. The van der Waals surface area contributed by atoms with E-state index in [1.807, 2.05) is 5.32 Å². The molecule has 0 aromatic heterocycles. The van der Waals surface area contributed by atoms with Crippen LogP contribution in [0.4, 0.5) is 57.1 Å². The van der Waals surface area contributed by atoms with E-state index in [4.69, 9.17) is 5.21 Å².